The molecule has 0 aliphatic heterocycles. The molecule has 3 N–H and O–H groups in total. The summed E-state index contributed by atoms with van der Waals surface area (Å²) in [6, 6.07) is 5.79. The first kappa shape index (κ1) is 13.6. The van der Waals surface area contributed by atoms with Crippen LogP contribution in [0.15, 0.2) is 29.8 Å². The van der Waals surface area contributed by atoms with Gasteiger partial charge in [0.1, 0.15) is 0 Å². The first-order valence-corrected chi connectivity index (χ1v) is 7.42. The highest BCUT2D eigenvalue weighted by Gasteiger charge is 2.11. The van der Waals surface area contributed by atoms with Crippen molar-refractivity contribution in [3.63, 3.8) is 0 Å². The molecule has 0 saturated heterocycles. The zero-order chi connectivity index (χ0) is 15.0. The summed E-state index contributed by atoms with van der Waals surface area (Å²) in [4.78, 5) is 16.7. The number of anilines is 1. The van der Waals surface area contributed by atoms with Gasteiger partial charge in [0, 0.05) is 17.8 Å². The van der Waals surface area contributed by atoms with E-state index < -0.39 is 0 Å². The lowest BCUT2D eigenvalue weighted by molar-refractivity contribution is 0.0947. The van der Waals surface area contributed by atoms with Crippen LogP contribution >= 0.6 is 11.3 Å². The van der Waals surface area contributed by atoms with Crippen molar-refractivity contribution in [1.29, 1.82) is 0 Å². The molecule has 0 bridgehead atoms. The number of amides is 1. The fourth-order valence-corrected chi connectivity index (χ4v) is 2.83. The number of nitrogens with two attached hydrogens (primary N) is 1. The van der Waals surface area contributed by atoms with Crippen molar-refractivity contribution in [3.05, 3.63) is 34.7 Å². The Hall–Kier alpha value is -2.41. The minimum Gasteiger partial charge on any atom is -0.366 e. The van der Waals surface area contributed by atoms with Gasteiger partial charge in [0.25, 0.3) is 5.91 Å². The second-order valence-corrected chi connectivity index (χ2v) is 5.93. The molecule has 21 heavy (non-hydrogen) atoms. The predicted molar refractivity (Wildman–Crippen MR) is 83.3 cm³/mol. The highest BCUT2D eigenvalue weighted by atomic mass is 32.1. The molecule has 3 aromatic rings. The van der Waals surface area contributed by atoms with Crippen molar-refractivity contribution in [2.24, 2.45) is 0 Å². The number of pyridine rings is 1. The van der Waals surface area contributed by atoms with Gasteiger partial charge in [0.15, 0.2) is 5.65 Å². The van der Waals surface area contributed by atoms with Gasteiger partial charge in [-0.3, -0.25) is 4.79 Å². The number of nitrogens with one attached hydrogen (secondary N) is 1. The number of nitrogen functional groups attached to an aromatic ring is 1. The van der Waals surface area contributed by atoms with E-state index in [-0.39, 0.29) is 17.9 Å². The molecule has 0 atom stereocenters. The Morgan fingerprint density at radius 3 is 2.95 bits per heavy atom. The third kappa shape index (κ3) is 2.73. The second kappa shape index (κ2) is 5.17. The summed E-state index contributed by atoms with van der Waals surface area (Å²) >= 11 is 1.42. The van der Waals surface area contributed by atoms with Crippen LogP contribution in [-0.4, -0.2) is 26.5 Å². The lowest BCUT2D eigenvalue weighted by Crippen LogP contribution is -2.29. The monoisotopic (exact) mass is 301 g/mol. The second-order valence-electron chi connectivity index (χ2n) is 5.02. The number of nitrogens with zero attached hydrogens (tertiary/aromatic N) is 3. The maximum Gasteiger partial charge on any atom is 0.261 e. The first-order chi connectivity index (χ1) is 10.0. The van der Waals surface area contributed by atoms with Crippen LogP contribution in [0.25, 0.3) is 16.8 Å². The van der Waals surface area contributed by atoms with E-state index in [1.807, 2.05) is 43.6 Å². The molecule has 7 heteroatoms. The van der Waals surface area contributed by atoms with Crippen molar-refractivity contribution >= 4 is 28.8 Å². The molecule has 3 heterocycles. The molecule has 6 nitrogen and oxygen atoms in total. The van der Waals surface area contributed by atoms with Crippen molar-refractivity contribution in [3.8, 4) is 11.1 Å². The van der Waals surface area contributed by atoms with Gasteiger partial charge < -0.3 is 11.1 Å². The summed E-state index contributed by atoms with van der Waals surface area (Å²) in [6.45, 7) is 3.88. The Morgan fingerprint density at radius 2 is 2.19 bits per heavy atom. The molecule has 0 aliphatic carbocycles. The highest BCUT2D eigenvalue weighted by molar-refractivity contribution is 7.12. The van der Waals surface area contributed by atoms with Crippen molar-refractivity contribution in [2.45, 2.75) is 19.9 Å². The molecular formula is C14H15N5OS. The van der Waals surface area contributed by atoms with Gasteiger partial charge in [-0.05, 0) is 43.0 Å². The molecule has 0 saturated carbocycles. The number of fused-ring (bicyclic) bond motifs is 1. The number of hydrogen-bond donors (Lipinski definition) is 2. The molecule has 0 unspecified atom stereocenters. The van der Waals surface area contributed by atoms with Crippen LogP contribution in [0.2, 0.25) is 0 Å². The summed E-state index contributed by atoms with van der Waals surface area (Å²) in [5.74, 6) is 0.196. The fraction of sp³-hybridized carbons (Fsp3) is 0.214. The van der Waals surface area contributed by atoms with Crippen LogP contribution in [0.3, 0.4) is 0 Å². The zero-order valence-corrected chi connectivity index (χ0v) is 12.5. The van der Waals surface area contributed by atoms with Crippen LogP contribution < -0.4 is 11.1 Å². The van der Waals surface area contributed by atoms with E-state index in [2.05, 4.69) is 15.4 Å². The summed E-state index contributed by atoms with van der Waals surface area (Å²) in [7, 11) is 0. The first-order valence-electron chi connectivity index (χ1n) is 6.54. The predicted octanol–water partition coefficient (Wildman–Crippen LogP) is 2.18. The van der Waals surface area contributed by atoms with Crippen LogP contribution in [0.1, 0.15) is 23.5 Å². The summed E-state index contributed by atoms with van der Waals surface area (Å²) in [5.41, 5.74) is 8.22. The number of hydrogen-bond acceptors (Lipinski definition) is 5. The lowest BCUT2D eigenvalue weighted by atomic mass is 10.1. The number of aromatic nitrogens is 3. The third-order valence-corrected chi connectivity index (χ3v) is 3.85. The van der Waals surface area contributed by atoms with Crippen molar-refractivity contribution in [1.82, 2.24) is 19.9 Å². The Kier molecular flexibility index (Phi) is 3.34. The van der Waals surface area contributed by atoms with E-state index in [9.17, 15) is 4.79 Å². The van der Waals surface area contributed by atoms with E-state index in [0.29, 0.717) is 10.5 Å². The van der Waals surface area contributed by atoms with Gasteiger partial charge in [0.05, 0.1) is 4.88 Å². The molecule has 0 radical (unpaired) electrons. The number of carbonyl (C=O) groups is 1. The van der Waals surface area contributed by atoms with Gasteiger partial charge in [-0.25, -0.2) is 4.52 Å². The topological polar surface area (TPSA) is 85.3 Å². The average Bonchev–Trinajstić information content (AvgIpc) is 3.01. The van der Waals surface area contributed by atoms with Gasteiger partial charge in [0.2, 0.25) is 5.95 Å². The molecule has 3 aromatic heterocycles. The van der Waals surface area contributed by atoms with E-state index in [4.69, 9.17) is 5.73 Å². The molecule has 0 spiro atoms. The van der Waals surface area contributed by atoms with Gasteiger partial charge in [-0.15, -0.1) is 16.4 Å². The summed E-state index contributed by atoms with van der Waals surface area (Å²) in [5, 5.41) is 8.93. The van der Waals surface area contributed by atoms with E-state index in [0.717, 1.165) is 11.1 Å². The molecular weight excluding hydrogens is 286 g/mol. The molecule has 3 rings (SSSR count). The van der Waals surface area contributed by atoms with Crippen LogP contribution in [-0.2, 0) is 0 Å². The van der Waals surface area contributed by atoms with Crippen LogP contribution in [0, 0.1) is 0 Å². The van der Waals surface area contributed by atoms with Crippen molar-refractivity contribution < 1.29 is 4.79 Å². The number of thiophene rings is 1. The number of carbonyl (C=O) groups excluding carboxylic acids is 1. The van der Waals surface area contributed by atoms with Crippen molar-refractivity contribution in [2.75, 3.05) is 5.73 Å². The molecule has 0 fully saturated rings. The Balaban J connectivity index is 1.92. The summed E-state index contributed by atoms with van der Waals surface area (Å²) < 4.78 is 1.64. The van der Waals surface area contributed by atoms with E-state index >= 15 is 0 Å². The molecule has 0 aromatic carbocycles. The Morgan fingerprint density at radius 1 is 1.38 bits per heavy atom. The molecule has 108 valence electrons. The largest absolute Gasteiger partial charge is 0.366 e. The van der Waals surface area contributed by atoms with Crippen LogP contribution in [0.4, 0.5) is 5.95 Å². The maximum atomic E-state index is 12.0. The van der Waals surface area contributed by atoms with Gasteiger partial charge in [-0.1, -0.05) is 0 Å². The third-order valence-electron chi connectivity index (χ3n) is 2.92. The standard InChI is InChI=1S/C14H15N5OS/c1-8(2)16-13(20)11-5-10(7-21-11)9-3-4-12-17-14(15)18-19(12)6-9/h3-8H,1-2H3,(H2,15,18)(H,16,20). The average molecular weight is 301 g/mol. The number of rotatable bonds is 3. The SMILES string of the molecule is CC(C)NC(=O)c1cc(-c2ccc3nc(N)nn3c2)cs1. The zero-order valence-electron chi connectivity index (χ0n) is 11.7. The minimum atomic E-state index is -0.0488. The van der Waals surface area contributed by atoms with Gasteiger partial charge >= 0.3 is 0 Å². The minimum absolute atomic E-state index is 0.0488. The van der Waals surface area contributed by atoms with Gasteiger partial charge in [-0.2, -0.15) is 4.98 Å². The van der Waals surface area contributed by atoms with Crippen LogP contribution in [0.5, 0.6) is 0 Å². The Bertz CT molecular complexity index is 805. The normalized spacial score (nSPS) is 11.2. The summed E-state index contributed by atoms with van der Waals surface area (Å²) in [6.07, 6.45) is 1.85. The maximum absolute atomic E-state index is 12.0. The lowest BCUT2D eigenvalue weighted by Gasteiger charge is -2.05. The smallest absolute Gasteiger partial charge is 0.261 e. The van der Waals surface area contributed by atoms with E-state index in [1.54, 1.807) is 4.52 Å². The molecule has 0 aliphatic rings. The Labute approximate surface area is 125 Å². The van der Waals surface area contributed by atoms with E-state index in [1.165, 1.54) is 11.3 Å². The molecule has 1 amide bonds. The fourth-order valence-electron chi connectivity index (χ4n) is 2.01. The quantitative estimate of drug-likeness (QED) is 0.776. The highest BCUT2D eigenvalue weighted by Crippen LogP contribution is 2.26.